The van der Waals surface area contributed by atoms with Gasteiger partial charge in [-0.3, -0.25) is 0 Å². The molecule has 2 aromatic rings. The monoisotopic (exact) mass is 365 g/mol. The summed E-state index contributed by atoms with van der Waals surface area (Å²) in [6, 6.07) is 10.8. The van der Waals surface area contributed by atoms with E-state index in [1.807, 2.05) is 30.3 Å². The molecule has 0 bridgehead atoms. The molecule has 3 rings (SSSR count). The Morgan fingerprint density at radius 1 is 1.33 bits per heavy atom. The van der Waals surface area contributed by atoms with Crippen molar-refractivity contribution in [2.45, 2.75) is 19.1 Å². The molecule has 2 N–H and O–H groups in total. The van der Waals surface area contributed by atoms with Crippen LogP contribution in [0.15, 0.2) is 41.6 Å². The Kier molecular flexibility index (Phi) is 4.87. The maximum absolute atomic E-state index is 12.3. The molecule has 6 nitrogen and oxygen atoms in total. The zero-order valence-electron chi connectivity index (χ0n) is 12.4. The van der Waals surface area contributed by atoms with Crippen LogP contribution in [-0.2, 0) is 16.2 Å². The van der Waals surface area contributed by atoms with Crippen LogP contribution in [0.25, 0.3) is 0 Å². The Morgan fingerprint density at radius 2 is 2.08 bits per heavy atom. The molecule has 1 aliphatic rings. The Bertz CT molecular complexity index is 797. The molecule has 1 unspecified atom stereocenters. The number of anilines is 1. The summed E-state index contributed by atoms with van der Waals surface area (Å²) >= 11 is 11.9. The van der Waals surface area contributed by atoms with Crippen molar-refractivity contribution in [1.82, 2.24) is 4.98 Å². The lowest BCUT2D eigenvalue weighted by Crippen LogP contribution is -2.13. The van der Waals surface area contributed by atoms with Crippen LogP contribution in [0.4, 0.5) is 5.69 Å². The quantitative estimate of drug-likeness (QED) is 0.834. The van der Waals surface area contributed by atoms with E-state index in [4.69, 9.17) is 38.5 Å². The molecule has 24 heavy (non-hydrogen) atoms. The summed E-state index contributed by atoms with van der Waals surface area (Å²) in [5, 5.41) is 4.01. The minimum atomic E-state index is -0.664. The van der Waals surface area contributed by atoms with E-state index in [9.17, 15) is 4.79 Å². The molecule has 0 spiro atoms. The average Bonchev–Trinajstić information content (AvgIpc) is 3.02. The lowest BCUT2D eigenvalue weighted by Gasteiger charge is -2.12. The number of aromatic nitrogens is 1. The predicted molar refractivity (Wildman–Crippen MR) is 91.0 cm³/mol. The first-order chi connectivity index (χ1) is 11.5. The smallest absolute Gasteiger partial charge is 0.358 e. The number of nitrogens with zero attached hydrogens (tertiary/aromatic N) is 2. The summed E-state index contributed by atoms with van der Waals surface area (Å²) in [5.74, 6) is -0.664. The van der Waals surface area contributed by atoms with Crippen LogP contribution in [-0.4, -0.2) is 16.1 Å². The van der Waals surface area contributed by atoms with E-state index < -0.39 is 12.1 Å². The van der Waals surface area contributed by atoms with Crippen molar-refractivity contribution in [2.75, 3.05) is 5.73 Å². The van der Waals surface area contributed by atoms with Crippen LogP contribution in [0.2, 0.25) is 5.02 Å². The van der Waals surface area contributed by atoms with E-state index in [-0.39, 0.29) is 23.0 Å². The lowest BCUT2D eigenvalue weighted by molar-refractivity contribution is 0.0462. The minimum absolute atomic E-state index is 0.0434. The van der Waals surface area contributed by atoms with E-state index in [1.165, 1.54) is 6.07 Å². The van der Waals surface area contributed by atoms with Gasteiger partial charge in [-0.25, -0.2) is 9.78 Å². The molecule has 2 heterocycles. The van der Waals surface area contributed by atoms with Gasteiger partial charge < -0.3 is 15.3 Å². The standard InChI is InChI=1S/C16H13Cl2N3O3/c17-13-7-12(24-21-13)11-6-10(19)14(18)15(20-11)16(22)23-8-9-4-2-1-3-5-9/h1-6,12H,7-8H2,(H2,19,20). The highest BCUT2D eigenvalue weighted by atomic mass is 35.5. The minimum Gasteiger partial charge on any atom is -0.456 e. The molecular formula is C16H13Cl2N3O3. The van der Waals surface area contributed by atoms with Crippen molar-refractivity contribution < 1.29 is 14.4 Å². The number of esters is 1. The number of oxime groups is 1. The van der Waals surface area contributed by atoms with E-state index in [0.717, 1.165) is 5.56 Å². The Morgan fingerprint density at radius 3 is 2.75 bits per heavy atom. The summed E-state index contributed by atoms with van der Waals surface area (Å²) in [5.41, 5.74) is 7.28. The summed E-state index contributed by atoms with van der Waals surface area (Å²) in [6.07, 6.45) is -0.147. The number of pyridine rings is 1. The fraction of sp³-hybridized carbons (Fsp3) is 0.188. The van der Waals surface area contributed by atoms with Crippen LogP contribution < -0.4 is 5.73 Å². The fourth-order valence-electron chi connectivity index (χ4n) is 2.17. The summed E-state index contributed by atoms with van der Waals surface area (Å²) in [7, 11) is 0. The van der Waals surface area contributed by atoms with Gasteiger partial charge in [-0.2, -0.15) is 0 Å². The van der Waals surface area contributed by atoms with Gasteiger partial charge >= 0.3 is 5.97 Å². The molecule has 1 aromatic heterocycles. The van der Waals surface area contributed by atoms with E-state index >= 15 is 0 Å². The maximum Gasteiger partial charge on any atom is 0.358 e. The highest BCUT2D eigenvalue weighted by Crippen LogP contribution is 2.32. The molecule has 124 valence electrons. The third-order valence-electron chi connectivity index (χ3n) is 3.37. The largest absolute Gasteiger partial charge is 0.456 e. The topological polar surface area (TPSA) is 86.8 Å². The van der Waals surface area contributed by atoms with Gasteiger partial charge in [0.15, 0.2) is 11.8 Å². The lowest BCUT2D eigenvalue weighted by atomic mass is 10.1. The number of hydrogen-bond donors (Lipinski definition) is 1. The van der Waals surface area contributed by atoms with Gasteiger partial charge in [0.2, 0.25) is 0 Å². The second-order valence-electron chi connectivity index (χ2n) is 5.13. The zero-order chi connectivity index (χ0) is 17.1. The first-order valence-corrected chi connectivity index (χ1v) is 7.85. The Labute approximate surface area is 148 Å². The number of rotatable bonds is 4. The molecule has 0 fully saturated rings. The molecule has 1 atom stereocenters. The average molecular weight is 366 g/mol. The third-order valence-corrected chi connectivity index (χ3v) is 3.99. The number of hydrogen-bond acceptors (Lipinski definition) is 6. The number of carbonyl (C=O) groups is 1. The molecule has 0 amide bonds. The second kappa shape index (κ2) is 7.07. The Hall–Kier alpha value is -2.31. The van der Waals surface area contributed by atoms with E-state index in [0.29, 0.717) is 17.3 Å². The van der Waals surface area contributed by atoms with Gasteiger partial charge in [-0.05, 0) is 11.6 Å². The van der Waals surface area contributed by atoms with Gasteiger partial charge in [-0.15, -0.1) is 0 Å². The fourth-order valence-corrected chi connectivity index (χ4v) is 2.52. The molecule has 1 aromatic carbocycles. The van der Waals surface area contributed by atoms with Crippen LogP contribution in [0.3, 0.4) is 0 Å². The maximum atomic E-state index is 12.3. The molecule has 0 radical (unpaired) electrons. The second-order valence-corrected chi connectivity index (χ2v) is 5.94. The number of benzene rings is 1. The summed E-state index contributed by atoms with van der Waals surface area (Å²) in [4.78, 5) is 21.7. The zero-order valence-corrected chi connectivity index (χ0v) is 13.9. The predicted octanol–water partition coefficient (Wildman–Crippen LogP) is 3.69. The summed E-state index contributed by atoms with van der Waals surface area (Å²) < 4.78 is 5.25. The highest BCUT2D eigenvalue weighted by molar-refractivity contribution is 6.65. The number of carbonyl (C=O) groups excluding carboxylic acids is 1. The van der Waals surface area contributed by atoms with Gasteiger partial charge in [0.1, 0.15) is 11.8 Å². The first kappa shape index (κ1) is 16.5. The molecule has 1 aliphatic heterocycles. The van der Waals surface area contributed by atoms with E-state index in [2.05, 4.69) is 10.1 Å². The van der Waals surface area contributed by atoms with Crippen LogP contribution >= 0.6 is 23.2 Å². The van der Waals surface area contributed by atoms with Gasteiger partial charge in [0.05, 0.1) is 16.4 Å². The molecule has 8 heteroatoms. The normalized spacial score (nSPS) is 16.4. The van der Waals surface area contributed by atoms with E-state index in [1.54, 1.807) is 0 Å². The SMILES string of the molecule is Nc1cc(C2CC(Cl)=NO2)nc(C(=O)OCc2ccccc2)c1Cl. The van der Waals surface area contributed by atoms with Crippen molar-refractivity contribution in [3.63, 3.8) is 0 Å². The number of nitrogens with two attached hydrogens (primary N) is 1. The van der Waals surface area contributed by atoms with Crippen molar-refractivity contribution in [3.05, 3.63) is 58.4 Å². The van der Waals surface area contributed by atoms with Gasteiger partial charge in [-0.1, -0.05) is 58.7 Å². The van der Waals surface area contributed by atoms with Crippen molar-refractivity contribution >= 4 is 40.0 Å². The first-order valence-electron chi connectivity index (χ1n) is 7.09. The highest BCUT2D eigenvalue weighted by Gasteiger charge is 2.26. The number of nitrogen functional groups attached to an aromatic ring is 1. The van der Waals surface area contributed by atoms with Gasteiger partial charge in [0.25, 0.3) is 0 Å². The van der Waals surface area contributed by atoms with Crippen LogP contribution in [0, 0.1) is 0 Å². The third kappa shape index (κ3) is 3.60. The molecular weight excluding hydrogens is 353 g/mol. The van der Waals surface area contributed by atoms with Crippen molar-refractivity contribution in [2.24, 2.45) is 5.16 Å². The number of halogens is 2. The Balaban J connectivity index is 1.78. The summed E-state index contributed by atoms with van der Waals surface area (Å²) in [6.45, 7) is 0.108. The molecule has 0 saturated heterocycles. The molecule has 0 aliphatic carbocycles. The van der Waals surface area contributed by atoms with Gasteiger partial charge in [0, 0.05) is 6.42 Å². The number of ether oxygens (including phenoxy) is 1. The van der Waals surface area contributed by atoms with Crippen LogP contribution in [0.5, 0.6) is 0 Å². The van der Waals surface area contributed by atoms with Crippen LogP contribution in [0.1, 0.15) is 34.3 Å². The molecule has 0 saturated carbocycles. The van der Waals surface area contributed by atoms with Crippen molar-refractivity contribution in [3.8, 4) is 0 Å². The van der Waals surface area contributed by atoms with Crippen molar-refractivity contribution in [1.29, 1.82) is 0 Å².